The van der Waals surface area contributed by atoms with E-state index in [-0.39, 0.29) is 17.1 Å². The number of fused-ring (bicyclic) bond motifs is 1. The van der Waals surface area contributed by atoms with Gasteiger partial charge >= 0.3 is 0 Å². The molecule has 2 aliphatic rings. The van der Waals surface area contributed by atoms with Crippen LogP contribution in [0.4, 0.5) is 5.95 Å². The molecule has 2 aromatic rings. The Morgan fingerprint density at radius 1 is 1.36 bits per heavy atom. The molecule has 4 heterocycles. The van der Waals surface area contributed by atoms with Crippen molar-refractivity contribution in [3.05, 3.63) is 29.0 Å². The molecule has 2 aromatic heterocycles. The Labute approximate surface area is 122 Å². The number of nitrogen functional groups attached to an aromatic ring is 1. The molecule has 10 heteroatoms. The molecule has 0 bridgehead atoms. The molecule has 10 nitrogen and oxygen atoms in total. The average molecular weight is 307 g/mol. The molecule has 5 atom stereocenters. The van der Waals surface area contributed by atoms with Gasteiger partial charge in [0, 0.05) is 0 Å². The first kappa shape index (κ1) is 13.2. The van der Waals surface area contributed by atoms with Crippen LogP contribution in [0.25, 0.3) is 11.2 Å². The summed E-state index contributed by atoms with van der Waals surface area (Å²) in [6, 6.07) is 0. The molecule has 0 saturated carbocycles. The van der Waals surface area contributed by atoms with Gasteiger partial charge in [0.1, 0.15) is 24.4 Å². The SMILES string of the molecule is Nc1nc2c(ncn2[C@@H]2O[C@H](C3C=CO3)[C@@H](O)[C@H]2O)c(=O)[nH]1. The molecule has 0 aromatic carbocycles. The Morgan fingerprint density at radius 3 is 2.82 bits per heavy atom. The number of aromatic amines is 1. The van der Waals surface area contributed by atoms with Crippen molar-refractivity contribution in [1.82, 2.24) is 19.5 Å². The highest BCUT2D eigenvalue weighted by molar-refractivity contribution is 5.70. The van der Waals surface area contributed by atoms with Crippen LogP contribution in [0.3, 0.4) is 0 Å². The van der Waals surface area contributed by atoms with E-state index in [2.05, 4.69) is 15.0 Å². The molecule has 2 aliphatic heterocycles. The minimum atomic E-state index is -1.22. The van der Waals surface area contributed by atoms with Gasteiger partial charge in [-0.15, -0.1) is 0 Å². The minimum Gasteiger partial charge on any atom is -0.491 e. The zero-order valence-electron chi connectivity index (χ0n) is 11.2. The molecule has 5 N–H and O–H groups in total. The van der Waals surface area contributed by atoms with E-state index in [4.69, 9.17) is 15.2 Å². The van der Waals surface area contributed by atoms with Gasteiger partial charge in [-0.1, -0.05) is 0 Å². The fraction of sp³-hybridized carbons (Fsp3) is 0.417. The third kappa shape index (κ3) is 1.75. The second-order valence-corrected chi connectivity index (χ2v) is 5.18. The van der Waals surface area contributed by atoms with Crippen molar-refractivity contribution < 1.29 is 19.7 Å². The Morgan fingerprint density at radius 2 is 2.14 bits per heavy atom. The van der Waals surface area contributed by atoms with Crippen molar-refractivity contribution in [2.75, 3.05) is 5.73 Å². The first-order valence-corrected chi connectivity index (χ1v) is 6.62. The second-order valence-electron chi connectivity index (χ2n) is 5.18. The number of anilines is 1. The summed E-state index contributed by atoms with van der Waals surface area (Å²) < 4.78 is 12.2. The van der Waals surface area contributed by atoms with E-state index in [1.165, 1.54) is 17.2 Å². The first-order valence-electron chi connectivity index (χ1n) is 6.62. The van der Waals surface area contributed by atoms with E-state index in [0.717, 1.165) is 0 Å². The average Bonchev–Trinajstić information content (AvgIpc) is 2.93. The van der Waals surface area contributed by atoms with Gasteiger partial charge in [0.2, 0.25) is 5.95 Å². The summed E-state index contributed by atoms with van der Waals surface area (Å²) in [5.74, 6) is -0.0749. The number of nitrogens with one attached hydrogen (secondary N) is 1. The van der Waals surface area contributed by atoms with Crippen molar-refractivity contribution in [2.24, 2.45) is 0 Å². The second kappa shape index (κ2) is 4.53. The molecule has 1 unspecified atom stereocenters. The van der Waals surface area contributed by atoms with Gasteiger partial charge in [-0.2, -0.15) is 4.98 Å². The van der Waals surface area contributed by atoms with Gasteiger partial charge in [0.25, 0.3) is 5.56 Å². The third-order valence-corrected chi connectivity index (χ3v) is 3.83. The van der Waals surface area contributed by atoms with Crippen LogP contribution < -0.4 is 11.3 Å². The summed E-state index contributed by atoms with van der Waals surface area (Å²) in [6.07, 6.45) is 0.0560. The van der Waals surface area contributed by atoms with E-state index in [9.17, 15) is 15.0 Å². The van der Waals surface area contributed by atoms with Crippen molar-refractivity contribution in [3.63, 3.8) is 0 Å². The maximum absolute atomic E-state index is 11.8. The predicted molar refractivity (Wildman–Crippen MR) is 72.5 cm³/mol. The van der Waals surface area contributed by atoms with E-state index in [0.29, 0.717) is 0 Å². The minimum absolute atomic E-state index is 0.0720. The summed E-state index contributed by atoms with van der Waals surface area (Å²) in [4.78, 5) is 22.1. The lowest BCUT2D eigenvalue weighted by Crippen LogP contribution is -2.40. The van der Waals surface area contributed by atoms with Crippen LogP contribution in [0.2, 0.25) is 0 Å². The topological polar surface area (TPSA) is 149 Å². The molecule has 0 amide bonds. The van der Waals surface area contributed by atoms with Gasteiger partial charge < -0.3 is 25.4 Å². The number of hydrogen-bond acceptors (Lipinski definition) is 8. The van der Waals surface area contributed by atoms with Crippen LogP contribution in [0.15, 0.2) is 23.5 Å². The lowest BCUT2D eigenvalue weighted by atomic mass is 10.0. The van der Waals surface area contributed by atoms with Crippen LogP contribution in [0, 0.1) is 0 Å². The van der Waals surface area contributed by atoms with Crippen molar-refractivity contribution >= 4 is 17.1 Å². The lowest BCUT2D eigenvalue weighted by molar-refractivity contribution is -0.0842. The van der Waals surface area contributed by atoms with Crippen LogP contribution in [0.5, 0.6) is 0 Å². The number of aliphatic hydroxyl groups is 2. The maximum atomic E-state index is 11.8. The molecule has 0 spiro atoms. The number of nitrogens with zero attached hydrogens (tertiary/aromatic N) is 3. The normalized spacial score (nSPS) is 33.8. The molecule has 116 valence electrons. The van der Waals surface area contributed by atoms with Crippen LogP contribution in [-0.4, -0.2) is 54.1 Å². The van der Waals surface area contributed by atoms with Gasteiger partial charge in [0.15, 0.2) is 17.4 Å². The number of H-pyrrole nitrogens is 1. The number of aromatic nitrogens is 4. The molecule has 22 heavy (non-hydrogen) atoms. The number of hydrogen-bond donors (Lipinski definition) is 4. The number of imidazole rings is 1. The van der Waals surface area contributed by atoms with E-state index in [1.54, 1.807) is 6.08 Å². The lowest BCUT2D eigenvalue weighted by Gasteiger charge is -2.27. The predicted octanol–water partition coefficient (Wildman–Crippen LogP) is -1.77. The summed E-state index contributed by atoms with van der Waals surface area (Å²) >= 11 is 0. The monoisotopic (exact) mass is 307 g/mol. The van der Waals surface area contributed by atoms with E-state index < -0.39 is 36.2 Å². The number of aliphatic hydroxyl groups excluding tert-OH is 2. The third-order valence-electron chi connectivity index (χ3n) is 3.83. The fourth-order valence-electron chi connectivity index (χ4n) is 2.67. The number of nitrogens with two attached hydrogens (primary N) is 1. The van der Waals surface area contributed by atoms with E-state index >= 15 is 0 Å². The quantitative estimate of drug-likeness (QED) is 0.509. The van der Waals surface area contributed by atoms with Crippen LogP contribution in [0.1, 0.15) is 6.23 Å². The highest BCUT2D eigenvalue weighted by Crippen LogP contribution is 2.35. The molecular weight excluding hydrogens is 294 g/mol. The van der Waals surface area contributed by atoms with Crippen LogP contribution >= 0.6 is 0 Å². The van der Waals surface area contributed by atoms with E-state index in [1.807, 2.05) is 0 Å². The highest BCUT2D eigenvalue weighted by Gasteiger charge is 2.48. The van der Waals surface area contributed by atoms with Crippen molar-refractivity contribution in [3.8, 4) is 0 Å². The highest BCUT2D eigenvalue weighted by atomic mass is 16.6. The van der Waals surface area contributed by atoms with Gasteiger partial charge in [-0.3, -0.25) is 14.3 Å². The maximum Gasteiger partial charge on any atom is 0.280 e. The molecule has 0 aliphatic carbocycles. The van der Waals surface area contributed by atoms with Gasteiger partial charge in [0.05, 0.1) is 12.6 Å². The molecule has 1 fully saturated rings. The summed E-state index contributed by atoms with van der Waals surface area (Å²) in [6.45, 7) is 0. The van der Waals surface area contributed by atoms with Gasteiger partial charge in [-0.25, -0.2) is 4.98 Å². The first-order chi connectivity index (χ1) is 10.6. The Bertz CT molecular complexity index is 814. The van der Waals surface area contributed by atoms with Gasteiger partial charge in [-0.05, 0) is 6.08 Å². The smallest absolute Gasteiger partial charge is 0.280 e. The molecule has 1 saturated heterocycles. The number of ether oxygens (including phenoxy) is 2. The van der Waals surface area contributed by atoms with Crippen molar-refractivity contribution in [2.45, 2.75) is 30.6 Å². The summed E-state index contributed by atoms with van der Waals surface area (Å²) in [5, 5.41) is 20.3. The zero-order chi connectivity index (χ0) is 15.4. The Kier molecular flexibility index (Phi) is 2.73. The Balaban J connectivity index is 1.76. The standard InChI is InChI=1S/C12H13N5O5/c13-12-15-9-5(10(20)16-12)14-3-17(9)11-7(19)6(18)8(22-11)4-1-2-21-4/h1-4,6-8,11,18-19H,(H3,13,15,16,20)/t4?,6-,7+,8+,11+/m0/s1. The van der Waals surface area contributed by atoms with Crippen LogP contribution in [-0.2, 0) is 9.47 Å². The number of rotatable bonds is 2. The summed E-state index contributed by atoms with van der Waals surface area (Å²) in [7, 11) is 0. The largest absolute Gasteiger partial charge is 0.491 e. The molecule has 4 rings (SSSR count). The molecule has 0 radical (unpaired) electrons. The Hall–Kier alpha value is -2.43. The fourth-order valence-corrected chi connectivity index (χ4v) is 2.67. The zero-order valence-corrected chi connectivity index (χ0v) is 11.2. The molecular formula is C12H13N5O5. The van der Waals surface area contributed by atoms with Crippen molar-refractivity contribution in [1.29, 1.82) is 0 Å². The summed E-state index contributed by atoms with van der Waals surface area (Å²) in [5.41, 5.74) is 5.28.